The second-order valence-corrected chi connectivity index (χ2v) is 14.7. The predicted molar refractivity (Wildman–Crippen MR) is 216 cm³/mol. The Bertz CT molecular complexity index is 3080. The Balaban J connectivity index is 1.22. The number of nitrogens with zero attached hydrogens (tertiary/aromatic N) is 2. The number of ether oxygens (including phenoxy) is 1. The van der Waals surface area contributed by atoms with Crippen LogP contribution in [0, 0.1) is 0 Å². The highest BCUT2D eigenvalue weighted by Crippen LogP contribution is 2.48. The van der Waals surface area contributed by atoms with Gasteiger partial charge in [0.25, 0.3) is 6.71 Å². The quantitative estimate of drug-likeness (QED) is 0.169. The molecule has 0 fully saturated rings. The fourth-order valence-corrected chi connectivity index (χ4v) is 10.3. The van der Waals surface area contributed by atoms with Crippen molar-refractivity contribution >= 4 is 67.3 Å². The van der Waals surface area contributed by atoms with Crippen molar-refractivity contribution in [3.63, 3.8) is 0 Å². The van der Waals surface area contributed by atoms with Crippen LogP contribution in [-0.2, 0) is 6.42 Å². The van der Waals surface area contributed by atoms with Gasteiger partial charge in [0.1, 0.15) is 11.9 Å². The number of aromatic nitrogens is 2. The molecule has 7 aromatic carbocycles. The van der Waals surface area contributed by atoms with Crippen molar-refractivity contribution in [2.24, 2.45) is 0 Å². The molecular weight excluding hydrogens is 631 g/mol. The summed E-state index contributed by atoms with van der Waals surface area (Å²) in [5.41, 5.74) is 19.5. The molecule has 0 saturated carbocycles. The van der Waals surface area contributed by atoms with Gasteiger partial charge >= 0.3 is 0 Å². The van der Waals surface area contributed by atoms with E-state index in [1.807, 2.05) is 0 Å². The molecule has 0 saturated heterocycles. The first-order valence-corrected chi connectivity index (χ1v) is 18.3. The molecule has 5 heterocycles. The monoisotopic (exact) mass is 660 g/mol. The van der Waals surface area contributed by atoms with Crippen LogP contribution in [0.4, 0.5) is 0 Å². The molecule has 0 radical (unpaired) electrons. The molecule has 1 atom stereocenters. The molecule has 4 aliphatic rings. The SMILES string of the molecule is C1=C2c3ccccc3OC2Cc2c1n1c3c(cccc23)B2c3c-1cccc3-n1c(-c3ccccc3)c(-c3ccccc3)c3cc4ccccc4c2c31. The molecular formula is C48H29BN2O. The van der Waals surface area contributed by atoms with E-state index in [0.29, 0.717) is 0 Å². The minimum atomic E-state index is 0.0361. The fourth-order valence-electron chi connectivity index (χ4n) is 10.3. The van der Waals surface area contributed by atoms with Gasteiger partial charge in [-0.2, -0.15) is 0 Å². The second-order valence-electron chi connectivity index (χ2n) is 14.7. The lowest BCUT2D eigenvalue weighted by atomic mass is 9.33. The molecule has 0 bridgehead atoms. The van der Waals surface area contributed by atoms with Gasteiger partial charge in [-0.05, 0) is 74.2 Å². The number of hydrogen-bond donors (Lipinski definition) is 0. The van der Waals surface area contributed by atoms with Crippen molar-refractivity contribution in [1.29, 1.82) is 0 Å². The number of fused-ring (bicyclic) bond motifs is 12. The minimum absolute atomic E-state index is 0.0361. The lowest BCUT2D eigenvalue weighted by molar-refractivity contribution is 0.276. The summed E-state index contributed by atoms with van der Waals surface area (Å²) in [4.78, 5) is 0. The maximum Gasteiger partial charge on any atom is 0.253 e. The molecule has 4 heteroatoms. The molecule has 1 unspecified atom stereocenters. The number of para-hydroxylation sites is 2. The average molecular weight is 661 g/mol. The van der Waals surface area contributed by atoms with E-state index in [9.17, 15) is 0 Å². The fraction of sp³-hybridized carbons (Fsp3) is 0.0417. The summed E-state index contributed by atoms with van der Waals surface area (Å²) in [6, 6.07) is 56.1. The molecule has 0 spiro atoms. The van der Waals surface area contributed by atoms with E-state index in [0.717, 1.165) is 12.2 Å². The summed E-state index contributed by atoms with van der Waals surface area (Å²) >= 11 is 0. The standard InChI is InChI=1S/C48H29BN2O/c1-3-13-28(14-4-1)43-36-25-30-17-7-8-18-31(30)44-48(36)51(46(43)29-15-5-2-6-16-29)39-23-12-22-38-45(39)49(44)37-21-11-20-33-34-27-42-35(26-40(34)50(38)47(33)37)32-19-9-10-24-41(32)52-42/h1-26,42H,27H2. The lowest BCUT2D eigenvalue weighted by Crippen LogP contribution is -2.59. The van der Waals surface area contributed by atoms with E-state index < -0.39 is 0 Å². The number of hydrogen-bond acceptors (Lipinski definition) is 1. The Morgan fingerprint density at radius 2 is 1.29 bits per heavy atom. The van der Waals surface area contributed by atoms with Gasteiger partial charge in [-0.3, -0.25) is 0 Å². The summed E-state index contributed by atoms with van der Waals surface area (Å²) in [5, 5.41) is 5.24. The highest BCUT2D eigenvalue weighted by molar-refractivity contribution is 7.01. The van der Waals surface area contributed by atoms with Gasteiger partial charge in [0.2, 0.25) is 0 Å². The van der Waals surface area contributed by atoms with E-state index in [2.05, 4.69) is 167 Å². The first-order valence-electron chi connectivity index (χ1n) is 18.3. The molecule has 1 aliphatic carbocycles. The third-order valence-corrected chi connectivity index (χ3v) is 12.2. The van der Waals surface area contributed by atoms with Gasteiger partial charge in [0.15, 0.2) is 0 Å². The van der Waals surface area contributed by atoms with Crippen molar-refractivity contribution in [3.8, 4) is 39.5 Å². The first-order chi connectivity index (χ1) is 25.8. The summed E-state index contributed by atoms with van der Waals surface area (Å²) in [7, 11) is 0. The molecule has 52 heavy (non-hydrogen) atoms. The maximum atomic E-state index is 6.59. The Kier molecular flexibility index (Phi) is 5.04. The molecule has 13 rings (SSSR count). The highest BCUT2D eigenvalue weighted by Gasteiger charge is 2.44. The zero-order valence-corrected chi connectivity index (χ0v) is 28.2. The Labute approximate surface area is 300 Å². The molecule has 2 aromatic heterocycles. The van der Waals surface area contributed by atoms with Gasteiger partial charge in [0, 0.05) is 50.8 Å². The van der Waals surface area contributed by atoms with Crippen LogP contribution in [0.2, 0.25) is 0 Å². The molecule has 240 valence electrons. The van der Waals surface area contributed by atoms with Crippen LogP contribution in [0.3, 0.4) is 0 Å². The number of benzene rings is 7. The summed E-state index contributed by atoms with van der Waals surface area (Å²) < 4.78 is 11.8. The maximum absolute atomic E-state index is 6.59. The van der Waals surface area contributed by atoms with Crippen LogP contribution in [0.25, 0.3) is 78.0 Å². The van der Waals surface area contributed by atoms with Gasteiger partial charge in [-0.15, -0.1) is 0 Å². The number of rotatable bonds is 2. The van der Waals surface area contributed by atoms with Crippen LogP contribution >= 0.6 is 0 Å². The van der Waals surface area contributed by atoms with Crippen molar-refractivity contribution < 1.29 is 4.74 Å². The Morgan fingerprint density at radius 1 is 0.577 bits per heavy atom. The topological polar surface area (TPSA) is 19.1 Å². The molecule has 0 amide bonds. The van der Waals surface area contributed by atoms with Crippen molar-refractivity contribution in [2.75, 3.05) is 0 Å². The largest absolute Gasteiger partial charge is 0.485 e. The minimum Gasteiger partial charge on any atom is -0.485 e. The second kappa shape index (κ2) is 9.63. The zero-order chi connectivity index (χ0) is 33.7. The average Bonchev–Trinajstić information content (AvgIpc) is 3.85. The molecule has 9 aromatic rings. The van der Waals surface area contributed by atoms with Crippen molar-refractivity contribution in [3.05, 3.63) is 168 Å². The lowest BCUT2D eigenvalue weighted by Gasteiger charge is -2.35. The van der Waals surface area contributed by atoms with Crippen LogP contribution in [0.15, 0.2) is 152 Å². The Morgan fingerprint density at radius 3 is 2.15 bits per heavy atom. The third kappa shape index (κ3) is 3.25. The van der Waals surface area contributed by atoms with E-state index in [1.165, 1.54) is 105 Å². The van der Waals surface area contributed by atoms with Crippen LogP contribution in [0.1, 0.15) is 16.8 Å². The summed E-state index contributed by atoms with van der Waals surface area (Å²) in [5.74, 6) is 0.993. The normalized spacial score (nSPS) is 15.7. The molecule has 3 nitrogen and oxygen atoms in total. The van der Waals surface area contributed by atoms with Gasteiger partial charge in [-0.1, -0.05) is 127 Å². The van der Waals surface area contributed by atoms with Crippen LogP contribution < -0.4 is 21.1 Å². The van der Waals surface area contributed by atoms with Crippen LogP contribution in [-0.4, -0.2) is 22.0 Å². The van der Waals surface area contributed by atoms with E-state index in [-0.39, 0.29) is 12.8 Å². The van der Waals surface area contributed by atoms with E-state index >= 15 is 0 Å². The molecule has 3 aliphatic heterocycles. The van der Waals surface area contributed by atoms with Gasteiger partial charge < -0.3 is 13.9 Å². The summed E-state index contributed by atoms with van der Waals surface area (Å²) in [6.07, 6.45) is 3.33. The van der Waals surface area contributed by atoms with E-state index in [4.69, 9.17) is 4.74 Å². The van der Waals surface area contributed by atoms with Crippen LogP contribution in [0.5, 0.6) is 5.75 Å². The van der Waals surface area contributed by atoms with E-state index in [1.54, 1.807) is 0 Å². The van der Waals surface area contributed by atoms with Crippen molar-refractivity contribution in [1.82, 2.24) is 9.13 Å². The highest BCUT2D eigenvalue weighted by atomic mass is 16.5. The zero-order valence-electron chi connectivity index (χ0n) is 28.2. The summed E-state index contributed by atoms with van der Waals surface area (Å²) in [6.45, 7) is 0.0751. The van der Waals surface area contributed by atoms with Gasteiger partial charge in [0.05, 0.1) is 16.9 Å². The Hall–Kier alpha value is -6.52. The molecule has 0 N–H and O–H groups in total. The predicted octanol–water partition coefficient (Wildman–Crippen LogP) is 9.06. The smallest absolute Gasteiger partial charge is 0.253 e. The van der Waals surface area contributed by atoms with Gasteiger partial charge in [-0.25, -0.2) is 0 Å². The van der Waals surface area contributed by atoms with Crippen molar-refractivity contribution in [2.45, 2.75) is 12.5 Å². The first kappa shape index (κ1) is 27.2. The third-order valence-electron chi connectivity index (χ3n) is 12.2.